The molecule has 1 N–H and O–H groups in total. The second-order valence-electron chi connectivity index (χ2n) is 5.57. The molecule has 0 saturated heterocycles. The van der Waals surface area contributed by atoms with E-state index in [1.165, 1.54) is 0 Å². The van der Waals surface area contributed by atoms with Crippen LogP contribution in [-0.4, -0.2) is 37.9 Å². The highest BCUT2D eigenvalue weighted by atomic mass is 16.5. The fourth-order valence-electron chi connectivity index (χ4n) is 1.74. The molecule has 0 rings (SSSR count). The van der Waals surface area contributed by atoms with E-state index in [1.54, 1.807) is 0 Å². The maximum atomic E-state index is 12.0. The summed E-state index contributed by atoms with van der Waals surface area (Å²) in [5.74, 6) is 0.463. The Morgan fingerprint density at radius 2 is 2.00 bits per heavy atom. The van der Waals surface area contributed by atoms with Crippen LogP contribution in [0.25, 0.3) is 0 Å². The van der Waals surface area contributed by atoms with Crippen LogP contribution in [0.15, 0.2) is 0 Å². The lowest BCUT2D eigenvalue weighted by Gasteiger charge is -2.28. The van der Waals surface area contributed by atoms with Crippen LogP contribution in [-0.2, 0) is 14.3 Å². The minimum absolute atomic E-state index is 0.229. The third kappa shape index (κ3) is 8.22. The van der Waals surface area contributed by atoms with Crippen LogP contribution in [0.5, 0.6) is 0 Å². The summed E-state index contributed by atoms with van der Waals surface area (Å²) in [6.45, 7) is 12.4. The predicted molar refractivity (Wildman–Crippen MR) is 78.2 cm³/mol. The van der Waals surface area contributed by atoms with Crippen LogP contribution < -0.4 is 5.32 Å². The topological polar surface area (TPSA) is 47.6 Å². The first-order chi connectivity index (χ1) is 8.96. The maximum absolute atomic E-state index is 12.0. The van der Waals surface area contributed by atoms with Crippen LogP contribution in [0.4, 0.5) is 0 Å². The monoisotopic (exact) mass is 273 g/mol. The fourth-order valence-corrected chi connectivity index (χ4v) is 1.74. The molecule has 0 saturated carbocycles. The third-order valence-electron chi connectivity index (χ3n) is 2.95. The largest absolute Gasteiger partial charge is 0.465 e. The molecule has 0 aromatic heterocycles. The van der Waals surface area contributed by atoms with Gasteiger partial charge < -0.3 is 14.8 Å². The summed E-state index contributed by atoms with van der Waals surface area (Å²) in [6, 6.07) is 0. The van der Waals surface area contributed by atoms with Gasteiger partial charge in [-0.25, -0.2) is 4.79 Å². The van der Waals surface area contributed by atoms with E-state index >= 15 is 0 Å². The summed E-state index contributed by atoms with van der Waals surface area (Å²) in [5.41, 5.74) is -0.732. The number of rotatable bonds is 11. The average Bonchev–Trinajstić information content (AvgIpc) is 2.36. The number of ether oxygens (including phenoxy) is 2. The van der Waals surface area contributed by atoms with Gasteiger partial charge in [0.05, 0.1) is 13.2 Å². The van der Waals surface area contributed by atoms with Crippen molar-refractivity contribution in [2.45, 2.75) is 59.4 Å². The molecular weight excluding hydrogens is 242 g/mol. The van der Waals surface area contributed by atoms with Crippen molar-refractivity contribution in [2.24, 2.45) is 5.92 Å². The van der Waals surface area contributed by atoms with Crippen LogP contribution in [0.3, 0.4) is 0 Å². The van der Waals surface area contributed by atoms with Crippen LogP contribution in [0, 0.1) is 5.92 Å². The quantitative estimate of drug-likeness (QED) is 0.464. The molecule has 0 aromatic carbocycles. The lowest BCUT2D eigenvalue weighted by atomic mass is 10.0. The summed E-state index contributed by atoms with van der Waals surface area (Å²) in [7, 11) is 0. The van der Waals surface area contributed by atoms with Gasteiger partial charge in [0.15, 0.2) is 0 Å². The first-order valence-corrected chi connectivity index (χ1v) is 7.46. The Kier molecular flexibility index (Phi) is 9.88. The molecule has 1 atom stereocenters. The second kappa shape index (κ2) is 10.2. The van der Waals surface area contributed by atoms with Gasteiger partial charge in [-0.05, 0) is 45.6 Å². The molecule has 0 heterocycles. The first-order valence-electron chi connectivity index (χ1n) is 7.46. The Balaban J connectivity index is 4.15. The van der Waals surface area contributed by atoms with Gasteiger partial charge in [-0.3, -0.25) is 0 Å². The predicted octanol–water partition coefficient (Wildman–Crippen LogP) is 2.76. The van der Waals surface area contributed by atoms with Crippen molar-refractivity contribution in [2.75, 3.05) is 26.4 Å². The summed E-state index contributed by atoms with van der Waals surface area (Å²) in [4.78, 5) is 12.0. The molecule has 0 spiro atoms. The number of esters is 1. The van der Waals surface area contributed by atoms with Crippen LogP contribution in [0.1, 0.15) is 53.9 Å². The second-order valence-corrected chi connectivity index (χ2v) is 5.57. The van der Waals surface area contributed by atoms with E-state index in [9.17, 15) is 4.79 Å². The lowest BCUT2D eigenvalue weighted by molar-refractivity contribution is -0.153. The van der Waals surface area contributed by atoms with Crippen molar-refractivity contribution in [3.05, 3.63) is 0 Å². The van der Waals surface area contributed by atoms with Gasteiger partial charge >= 0.3 is 5.97 Å². The van der Waals surface area contributed by atoms with Crippen molar-refractivity contribution < 1.29 is 14.3 Å². The molecule has 1 unspecified atom stereocenters. The molecule has 4 heteroatoms. The van der Waals surface area contributed by atoms with E-state index in [0.717, 1.165) is 25.8 Å². The first kappa shape index (κ1) is 18.4. The van der Waals surface area contributed by atoms with Gasteiger partial charge in [0.1, 0.15) is 5.54 Å². The Morgan fingerprint density at radius 3 is 2.53 bits per heavy atom. The molecule has 0 bridgehead atoms. The standard InChI is InChI=1S/C15H31NO3/c1-6-10-16-15(5,14(17)19-7-2)12-18-11-8-9-13(3)4/h13,16H,6-12H2,1-5H3. The van der Waals surface area contributed by atoms with Gasteiger partial charge in [0.2, 0.25) is 0 Å². The minimum Gasteiger partial charge on any atom is -0.465 e. The Hall–Kier alpha value is -0.610. The summed E-state index contributed by atoms with van der Waals surface area (Å²) >= 11 is 0. The fraction of sp³-hybridized carbons (Fsp3) is 0.933. The zero-order chi connectivity index (χ0) is 14.7. The SMILES string of the molecule is CCCNC(C)(COCCCC(C)C)C(=O)OCC. The smallest absolute Gasteiger partial charge is 0.328 e. The normalized spacial score (nSPS) is 14.4. The zero-order valence-corrected chi connectivity index (χ0v) is 13.3. The summed E-state index contributed by atoms with van der Waals surface area (Å²) in [6.07, 6.45) is 3.16. The Labute approximate surface area is 118 Å². The molecule has 0 radical (unpaired) electrons. The van der Waals surface area contributed by atoms with Crippen LogP contribution in [0.2, 0.25) is 0 Å². The van der Waals surface area contributed by atoms with Gasteiger partial charge in [0.25, 0.3) is 0 Å². The highest BCUT2D eigenvalue weighted by Crippen LogP contribution is 2.10. The Bertz CT molecular complexity index is 244. The average molecular weight is 273 g/mol. The molecule has 19 heavy (non-hydrogen) atoms. The van der Waals surface area contributed by atoms with Crippen molar-refractivity contribution in [1.29, 1.82) is 0 Å². The van der Waals surface area contributed by atoms with Gasteiger partial charge in [0, 0.05) is 6.61 Å². The van der Waals surface area contributed by atoms with E-state index in [-0.39, 0.29) is 5.97 Å². The van der Waals surface area contributed by atoms with Crippen LogP contribution >= 0.6 is 0 Å². The maximum Gasteiger partial charge on any atom is 0.328 e. The van der Waals surface area contributed by atoms with Crippen molar-refractivity contribution >= 4 is 5.97 Å². The molecule has 4 nitrogen and oxygen atoms in total. The highest BCUT2D eigenvalue weighted by Gasteiger charge is 2.34. The number of carbonyl (C=O) groups excluding carboxylic acids is 1. The van der Waals surface area contributed by atoms with E-state index in [1.807, 2.05) is 13.8 Å². The molecule has 0 fully saturated rings. The molecule has 0 aromatic rings. The van der Waals surface area contributed by atoms with E-state index in [4.69, 9.17) is 9.47 Å². The summed E-state index contributed by atoms with van der Waals surface area (Å²) in [5, 5.41) is 3.23. The molecule has 0 aliphatic heterocycles. The summed E-state index contributed by atoms with van der Waals surface area (Å²) < 4.78 is 10.8. The zero-order valence-electron chi connectivity index (χ0n) is 13.3. The van der Waals surface area contributed by atoms with Crippen molar-refractivity contribution in [3.63, 3.8) is 0 Å². The van der Waals surface area contributed by atoms with Gasteiger partial charge in [-0.15, -0.1) is 0 Å². The minimum atomic E-state index is -0.732. The van der Waals surface area contributed by atoms with Crippen molar-refractivity contribution in [1.82, 2.24) is 5.32 Å². The van der Waals surface area contributed by atoms with Gasteiger partial charge in [-0.2, -0.15) is 0 Å². The molecule has 114 valence electrons. The van der Waals surface area contributed by atoms with E-state index < -0.39 is 5.54 Å². The number of hydrogen-bond donors (Lipinski definition) is 1. The molecule has 0 aliphatic rings. The lowest BCUT2D eigenvalue weighted by Crippen LogP contribution is -2.54. The van der Waals surface area contributed by atoms with E-state index in [0.29, 0.717) is 25.7 Å². The molecular formula is C15H31NO3. The molecule has 0 amide bonds. The molecule has 0 aliphatic carbocycles. The highest BCUT2D eigenvalue weighted by molar-refractivity contribution is 5.80. The van der Waals surface area contributed by atoms with E-state index in [2.05, 4.69) is 26.1 Å². The Morgan fingerprint density at radius 1 is 1.32 bits per heavy atom. The number of carbonyl (C=O) groups is 1. The van der Waals surface area contributed by atoms with Gasteiger partial charge in [-0.1, -0.05) is 20.8 Å². The van der Waals surface area contributed by atoms with Crippen molar-refractivity contribution in [3.8, 4) is 0 Å². The third-order valence-corrected chi connectivity index (χ3v) is 2.95. The number of nitrogens with one attached hydrogen (secondary N) is 1. The number of hydrogen-bond acceptors (Lipinski definition) is 4.